The summed E-state index contributed by atoms with van der Waals surface area (Å²) in [6.45, 7) is 2.28. The molecule has 0 bridgehead atoms. The van der Waals surface area contributed by atoms with Gasteiger partial charge in [-0.25, -0.2) is 0 Å². The highest BCUT2D eigenvalue weighted by Gasteiger charge is 2.21. The fourth-order valence-electron chi connectivity index (χ4n) is 7.09. The minimum atomic E-state index is 0.530. The van der Waals surface area contributed by atoms with Gasteiger partial charge in [0.05, 0.1) is 16.6 Å². The molecule has 2 heterocycles. The number of para-hydroxylation sites is 3. The van der Waals surface area contributed by atoms with E-state index < -0.39 is 0 Å². The van der Waals surface area contributed by atoms with Gasteiger partial charge in [0.1, 0.15) is 23.0 Å². The Kier molecular flexibility index (Phi) is 6.46. The van der Waals surface area contributed by atoms with E-state index in [1.807, 2.05) is 42.5 Å². The molecule has 4 heteroatoms. The Labute approximate surface area is 273 Å². The summed E-state index contributed by atoms with van der Waals surface area (Å²) >= 11 is 0. The molecule has 0 amide bonds. The smallest absolute Gasteiger partial charge is 0.131 e. The first-order valence-electron chi connectivity index (χ1n) is 16.1. The van der Waals surface area contributed by atoms with Gasteiger partial charge in [0.2, 0.25) is 0 Å². The predicted molar refractivity (Wildman–Crippen MR) is 193 cm³/mol. The summed E-state index contributed by atoms with van der Waals surface area (Å²) in [5.41, 5.74) is 8.34. The molecule has 1 atom stereocenters. The van der Waals surface area contributed by atoms with Gasteiger partial charge in [0, 0.05) is 51.4 Å². The van der Waals surface area contributed by atoms with E-state index in [1.54, 1.807) is 0 Å². The summed E-state index contributed by atoms with van der Waals surface area (Å²) in [6, 6.07) is 50.2. The summed E-state index contributed by atoms with van der Waals surface area (Å²) in [7, 11) is 0. The van der Waals surface area contributed by atoms with Gasteiger partial charge in [-0.1, -0.05) is 85.8 Å². The summed E-state index contributed by atoms with van der Waals surface area (Å²) < 4.78 is 17.5. The minimum Gasteiger partial charge on any atom is -0.457 e. The van der Waals surface area contributed by atoms with Gasteiger partial charge in [0.25, 0.3) is 0 Å². The van der Waals surface area contributed by atoms with E-state index in [9.17, 15) is 0 Å². The maximum atomic E-state index is 6.43. The first-order chi connectivity index (χ1) is 23.2. The SMILES string of the molecule is CC1C=Cc2c(c3ccccc3n2-c2cccc(Oc3cccc(Oc4cccc(-n5c6ccccc6c6ccccc65)c4)c3)c2)C1. The summed E-state index contributed by atoms with van der Waals surface area (Å²) in [5, 5.41) is 3.79. The second-order valence-corrected chi connectivity index (χ2v) is 12.3. The van der Waals surface area contributed by atoms with Crippen molar-refractivity contribution >= 4 is 38.8 Å². The van der Waals surface area contributed by atoms with E-state index in [1.165, 1.54) is 44.0 Å². The first-order valence-corrected chi connectivity index (χ1v) is 16.1. The second kappa shape index (κ2) is 11.1. The Bertz CT molecular complexity index is 2430. The van der Waals surface area contributed by atoms with Crippen molar-refractivity contribution in [3.05, 3.63) is 163 Å². The van der Waals surface area contributed by atoms with Crippen molar-refractivity contribution in [3.8, 4) is 34.4 Å². The van der Waals surface area contributed by atoms with Crippen LogP contribution in [0.5, 0.6) is 23.0 Å². The maximum absolute atomic E-state index is 6.43. The molecule has 1 aliphatic carbocycles. The molecule has 0 fully saturated rings. The van der Waals surface area contributed by atoms with Crippen molar-refractivity contribution in [1.82, 2.24) is 9.13 Å². The van der Waals surface area contributed by atoms with Crippen molar-refractivity contribution in [1.29, 1.82) is 0 Å². The summed E-state index contributed by atoms with van der Waals surface area (Å²) in [5.74, 6) is 3.49. The van der Waals surface area contributed by atoms with Crippen LogP contribution in [0.2, 0.25) is 0 Å². The predicted octanol–water partition coefficient (Wildman–Crippen LogP) is 11.5. The minimum absolute atomic E-state index is 0.530. The molecule has 0 N–H and O–H groups in total. The van der Waals surface area contributed by atoms with E-state index >= 15 is 0 Å². The number of aromatic nitrogens is 2. The second-order valence-electron chi connectivity index (χ2n) is 12.3. The van der Waals surface area contributed by atoms with Gasteiger partial charge >= 0.3 is 0 Å². The Balaban J connectivity index is 1.01. The topological polar surface area (TPSA) is 28.3 Å². The van der Waals surface area contributed by atoms with Crippen LogP contribution in [0.25, 0.3) is 50.2 Å². The van der Waals surface area contributed by atoms with Crippen molar-refractivity contribution in [2.75, 3.05) is 0 Å². The number of benzene rings is 6. The number of rotatable bonds is 6. The number of allylic oxidation sites excluding steroid dienone is 1. The van der Waals surface area contributed by atoms with Gasteiger partial charge in [-0.3, -0.25) is 0 Å². The molecule has 1 aliphatic rings. The lowest BCUT2D eigenvalue weighted by Gasteiger charge is -2.16. The molecule has 6 aromatic carbocycles. The van der Waals surface area contributed by atoms with E-state index in [0.29, 0.717) is 17.4 Å². The van der Waals surface area contributed by atoms with Crippen LogP contribution < -0.4 is 9.47 Å². The molecule has 1 unspecified atom stereocenters. The third kappa shape index (κ3) is 4.77. The van der Waals surface area contributed by atoms with Crippen LogP contribution in [0.1, 0.15) is 18.2 Å². The molecule has 4 nitrogen and oxygen atoms in total. The highest BCUT2D eigenvalue weighted by Crippen LogP contribution is 2.37. The first kappa shape index (κ1) is 27.3. The highest BCUT2D eigenvalue weighted by atomic mass is 16.5. The zero-order valence-electron chi connectivity index (χ0n) is 26.0. The molecule has 0 aliphatic heterocycles. The van der Waals surface area contributed by atoms with Gasteiger partial charge in [-0.2, -0.15) is 0 Å². The average Bonchev–Trinajstić information content (AvgIpc) is 3.61. The van der Waals surface area contributed by atoms with E-state index in [4.69, 9.17) is 9.47 Å². The third-order valence-corrected chi connectivity index (χ3v) is 9.14. The van der Waals surface area contributed by atoms with Crippen LogP contribution >= 0.6 is 0 Å². The summed E-state index contributed by atoms with van der Waals surface area (Å²) in [4.78, 5) is 0. The molecule has 0 radical (unpaired) electrons. The average molecular weight is 609 g/mol. The molecule has 9 rings (SSSR count). The van der Waals surface area contributed by atoms with Crippen LogP contribution in [0.3, 0.4) is 0 Å². The lowest BCUT2D eigenvalue weighted by molar-refractivity contribution is 0.460. The molecular formula is C43H32N2O2. The number of hydrogen-bond donors (Lipinski definition) is 0. The largest absolute Gasteiger partial charge is 0.457 e. The van der Waals surface area contributed by atoms with Gasteiger partial charge in [-0.05, 0) is 78.6 Å². The van der Waals surface area contributed by atoms with Crippen LogP contribution in [0, 0.1) is 5.92 Å². The molecule has 0 saturated heterocycles. The summed E-state index contributed by atoms with van der Waals surface area (Å²) in [6.07, 6.45) is 5.63. The molecule has 8 aromatic rings. The number of hydrogen-bond acceptors (Lipinski definition) is 2. The van der Waals surface area contributed by atoms with Crippen molar-refractivity contribution < 1.29 is 9.47 Å². The van der Waals surface area contributed by atoms with Gasteiger partial charge < -0.3 is 18.6 Å². The Morgan fingerprint density at radius 1 is 0.489 bits per heavy atom. The van der Waals surface area contributed by atoms with Crippen LogP contribution in [-0.4, -0.2) is 9.13 Å². The Morgan fingerprint density at radius 2 is 0.957 bits per heavy atom. The maximum Gasteiger partial charge on any atom is 0.131 e. The quantitative estimate of drug-likeness (QED) is 0.188. The number of nitrogens with zero attached hydrogens (tertiary/aromatic N) is 2. The van der Waals surface area contributed by atoms with E-state index in [0.717, 1.165) is 29.3 Å². The number of fused-ring (bicyclic) bond motifs is 6. The fraction of sp³-hybridized carbons (Fsp3) is 0.0698. The van der Waals surface area contributed by atoms with Crippen molar-refractivity contribution in [2.45, 2.75) is 13.3 Å². The van der Waals surface area contributed by atoms with E-state index in [2.05, 4.69) is 131 Å². The van der Waals surface area contributed by atoms with Crippen molar-refractivity contribution in [3.63, 3.8) is 0 Å². The lowest BCUT2D eigenvalue weighted by Crippen LogP contribution is -2.05. The van der Waals surface area contributed by atoms with Crippen LogP contribution in [-0.2, 0) is 6.42 Å². The zero-order chi connectivity index (χ0) is 31.3. The molecule has 226 valence electrons. The van der Waals surface area contributed by atoms with Crippen LogP contribution in [0.4, 0.5) is 0 Å². The third-order valence-electron chi connectivity index (χ3n) is 9.14. The van der Waals surface area contributed by atoms with Crippen LogP contribution in [0.15, 0.2) is 152 Å². The fourth-order valence-corrected chi connectivity index (χ4v) is 7.09. The lowest BCUT2D eigenvalue weighted by atomic mass is 9.93. The monoisotopic (exact) mass is 608 g/mol. The van der Waals surface area contributed by atoms with E-state index in [-0.39, 0.29) is 0 Å². The van der Waals surface area contributed by atoms with Crippen molar-refractivity contribution in [2.24, 2.45) is 5.92 Å². The molecule has 0 spiro atoms. The number of ether oxygens (including phenoxy) is 2. The normalized spacial score (nSPS) is 14.1. The zero-order valence-corrected chi connectivity index (χ0v) is 26.0. The standard InChI is InChI=1S/C43H32N2O2/c1-29-23-24-43-39(25-29)38-19-4-7-22-42(38)45(43)31-12-9-14-33(27-31)47-35-16-10-15-34(28-35)46-32-13-8-11-30(26-32)44-40-20-5-2-17-36(40)37-18-3-6-21-41(37)44/h2-24,26-29H,25H2,1H3. The highest BCUT2D eigenvalue weighted by molar-refractivity contribution is 6.09. The Morgan fingerprint density at radius 3 is 1.55 bits per heavy atom. The van der Waals surface area contributed by atoms with Gasteiger partial charge in [-0.15, -0.1) is 0 Å². The van der Waals surface area contributed by atoms with Gasteiger partial charge in [0.15, 0.2) is 0 Å². The molecule has 47 heavy (non-hydrogen) atoms. The molecule has 0 saturated carbocycles. The molecular weight excluding hydrogens is 576 g/mol. The molecule has 2 aromatic heterocycles. The Hall–Kier alpha value is -6.00.